The van der Waals surface area contributed by atoms with Crippen LogP contribution in [0.4, 0.5) is 0 Å². The van der Waals surface area contributed by atoms with E-state index in [9.17, 15) is 34.5 Å². The Morgan fingerprint density at radius 2 is 1.50 bits per heavy atom. The predicted molar refractivity (Wildman–Crippen MR) is 119 cm³/mol. The highest BCUT2D eigenvalue weighted by molar-refractivity contribution is 7.98. The highest BCUT2D eigenvalue weighted by atomic mass is 32.2. The fourth-order valence-corrected chi connectivity index (χ4v) is 3.08. The summed E-state index contributed by atoms with van der Waals surface area (Å²) >= 11 is 1.41. The second-order valence-corrected chi connectivity index (χ2v) is 8.13. The number of aliphatic hydroxyl groups is 1. The summed E-state index contributed by atoms with van der Waals surface area (Å²) < 4.78 is 0. The first-order valence-corrected chi connectivity index (χ1v) is 11.3. The number of amides is 3. The third kappa shape index (κ3) is 9.12. The lowest BCUT2D eigenvalue weighted by Gasteiger charge is -2.24. The average molecular weight is 471 g/mol. The van der Waals surface area contributed by atoms with E-state index in [1.807, 2.05) is 0 Å². The minimum Gasteiger partial charge on any atom is -0.508 e. The number of aliphatic hydroxyl groups excluding tert-OH is 1. The fraction of sp³-hybridized carbons (Fsp3) is 0.500. The molecule has 1 aromatic rings. The van der Waals surface area contributed by atoms with E-state index in [1.165, 1.54) is 30.8 Å². The van der Waals surface area contributed by atoms with Gasteiger partial charge >= 0.3 is 5.97 Å². The van der Waals surface area contributed by atoms with Crippen LogP contribution in [0.3, 0.4) is 0 Å². The fourth-order valence-electron chi connectivity index (χ4n) is 2.61. The number of carboxylic acids is 1. The van der Waals surface area contributed by atoms with Gasteiger partial charge in [0, 0.05) is 6.42 Å². The maximum atomic E-state index is 12.8. The van der Waals surface area contributed by atoms with Gasteiger partial charge in [-0.05, 0) is 43.0 Å². The Kier molecular flexibility index (Phi) is 11.5. The number of carboxylic acid groups (broad SMARTS) is 1. The molecule has 0 heterocycles. The first-order valence-electron chi connectivity index (χ1n) is 9.86. The van der Waals surface area contributed by atoms with Gasteiger partial charge in [0.1, 0.15) is 23.9 Å². The standard InChI is InChI=1S/C20H30N4O7S/c1-11(21)17(27)23-15(9-12-3-5-13(26)6-4-12)18(28)24-16(10-25)19(29)22-14(20(30)31)7-8-32-2/h3-6,11,14-16,25-26H,7-10,21H2,1-2H3,(H,22,29)(H,23,27)(H,24,28)(H,30,31). The third-order valence-corrected chi connectivity index (χ3v) is 5.11. The molecule has 178 valence electrons. The summed E-state index contributed by atoms with van der Waals surface area (Å²) in [5.74, 6) is -2.94. The van der Waals surface area contributed by atoms with E-state index in [0.29, 0.717) is 11.3 Å². The number of benzene rings is 1. The van der Waals surface area contributed by atoms with Gasteiger partial charge in [-0.25, -0.2) is 4.79 Å². The summed E-state index contributed by atoms with van der Waals surface area (Å²) in [4.78, 5) is 48.7. The molecule has 0 aliphatic carbocycles. The van der Waals surface area contributed by atoms with Gasteiger partial charge in [-0.15, -0.1) is 0 Å². The molecule has 4 atom stereocenters. The minimum atomic E-state index is -1.42. The van der Waals surface area contributed by atoms with Crippen molar-refractivity contribution in [3.8, 4) is 5.75 Å². The molecule has 12 heteroatoms. The lowest BCUT2D eigenvalue weighted by atomic mass is 10.0. The Balaban J connectivity index is 2.93. The summed E-state index contributed by atoms with van der Waals surface area (Å²) in [6.45, 7) is 0.662. The molecular weight excluding hydrogens is 440 g/mol. The number of nitrogens with two attached hydrogens (primary N) is 1. The van der Waals surface area contributed by atoms with Gasteiger partial charge in [0.05, 0.1) is 12.6 Å². The van der Waals surface area contributed by atoms with Gasteiger partial charge in [-0.2, -0.15) is 11.8 Å². The molecule has 4 unspecified atom stereocenters. The molecule has 0 aliphatic heterocycles. The zero-order chi connectivity index (χ0) is 24.3. The molecule has 1 aromatic carbocycles. The smallest absolute Gasteiger partial charge is 0.326 e. The second kappa shape index (κ2) is 13.6. The first kappa shape index (κ1) is 27.2. The van der Waals surface area contributed by atoms with E-state index >= 15 is 0 Å². The van der Waals surface area contributed by atoms with Crippen LogP contribution in [-0.4, -0.2) is 81.8 Å². The molecule has 8 N–H and O–H groups in total. The molecular formula is C20H30N4O7S. The number of hydrogen-bond donors (Lipinski definition) is 7. The zero-order valence-corrected chi connectivity index (χ0v) is 18.7. The number of phenolic OH excluding ortho intramolecular Hbond substituents is 1. The predicted octanol–water partition coefficient (Wildman–Crippen LogP) is -1.43. The van der Waals surface area contributed by atoms with Crippen LogP contribution in [0.1, 0.15) is 18.9 Å². The van der Waals surface area contributed by atoms with Crippen LogP contribution in [0.2, 0.25) is 0 Å². The van der Waals surface area contributed by atoms with Gasteiger partial charge < -0.3 is 37.0 Å². The third-order valence-electron chi connectivity index (χ3n) is 4.46. The molecule has 0 saturated heterocycles. The highest BCUT2D eigenvalue weighted by Crippen LogP contribution is 2.12. The van der Waals surface area contributed by atoms with Gasteiger partial charge in [0.15, 0.2) is 0 Å². The van der Waals surface area contributed by atoms with Gasteiger partial charge in [0.25, 0.3) is 0 Å². The first-order chi connectivity index (χ1) is 15.1. The Bertz CT molecular complexity index is 789. The monoisotopic (exact) mass is 470 g/mol. The molecule has 0 saturated carbocycles. The molecule has 32 heavy (non-hydrogen) atoms. The van der Waals surface area contributed by atoms with Gasteiger partial charge in [-0.3, -0.25) is 14.4 Å². The van der Waals surface area contributed by atoms with Crippen LogP contribution in [0, 0.1) is 0 Å². The number of aliphatic carboxylic acids is 1. The Morgan fingerprint density at radius 1 is 0.969 bits per heavy atom. The Labute approximate surface area is 190 Å². The summed E-state index contributed by atoms with van der Waals surface area (Å²) in [6, 6.07) is 1.34. The largest absolute Gasteiger partial charge is 0.508 e. The SMILES string of the molecule is CSCCC(NC(=O)C(CO)NC(=O)C(Cc1ccc(O)cc1)NC(=O)C(C)N)C(=O)O. The number of hydrogen-bond acceptors (Lipinski definition) is 8. The van der Waals surface area contributed by atoms with E-state index in [1.54, 1.807) is 18.4 Å². The van der Waals surface area contributed by atoms with Crippen LogP contribution < -0.4 is 21.7 Å². The maximum Gasteiger partial charge on any atom is 0.326 e. The molecule has 0 aromatic heterocycles. The maximum absolute atomic E-state index is 12.8. The van der Waals surface area contributed by atoms with Gasteiger partial charge in [0.2, 0.25) is 17.7 Å². The molecule has 1 rings (SSSR count). The number of thioether (sulfide) groups is 1. The van der Waals surface area contributed by atoms with Crippen molar-refractivity contribution >= 4 is 35.5 Å². The summed E-state index contributed by atoms with van der Waals surface area (Å²) in [5, 5.41) is 35.4. The highest BCUT2D eigenvalue weighted by Gasteiger charge is 2.29. The molecule has 3 amide bonds. The lowest BCUT2D eigenvalue weighted by molar-refractivity contribution is -0.142. The van der Waals surface area contributed by atoms with E-state index in [-0.39, 0.29) is 18.6 Å². The Morgan fingerprint density at radius 3 is 2.00 bits per heavy atom. The van der Waals surface area contributed by atoms with E-state index in [2.05, 4.69) is 16.0 Å². The van der Waals surface area contributed by atoms with Crippen molar-refractivity contribution in [2.24, 2.45) is 5.73 Å². The number of aromatic hydroxyl groups is 1. The van der Waals surface area contributed by atoms with Crippen LogP contribution in [0.5, 0.6) is 5.75 Å². The number of phenols is 1. The molecule has 0 radical (unpaired) electrons. The van der Waals surface area contributed by atoms with E-state index < -0.39 is 54.5 Å². The summed E-state index contributed by atoms with van der Waals surface area (Å²) in [7, 11) is 0. The van der Waals surface area contributed by atoms with E-state index in [4.69, 9.17) is 5.73 Å². The second-order valence-electron chi connectivity index (χ2n) is 7.15. The zero-order valence-electron chi connectivity index (χ0n) is 17.9. The van der Waals surface area contributed by atoms with Crippen molar-refractivity contribution in [3.63, 3.8) is 0 Å². The average Bonchev–Trinajstić information content (AvgIpc) is 2.75. The number of carbonyl (C=O) groups excluding carboxylic acids is 3. The van der Waals surface area contributed by atoms with E-state index in [0.717, 1.165) is 0 Å². The van der Waals surface area contributed by atoms with Gasteiger partial charge in [-0.1, -0.05) is 12.1 Å². The lowest BCUT2D eigenvalue weighted by Crippen LogP contribution is -2.58. The van der Waals surface area contributed by atoms with Crippen LogP contribution in [-0.2, 0) is 25.6 Å². The molecule has 11 nitrogen and oxygen atoms in total. The number of rotatable bonds is 13. The van der Waals surface area contributed by atoms with Crippen molar-refractivity contribution in [1.82, 2.24) is 16.0 Å². The van der Waals surface area contributed by atoms with Crippen molar-refractivity contribution < 1.29 is 34.5 Å². The van der Waals surface area contributed by atoms with Crippen LogP contribution in [0.15, 0.2) is 24.3 Å². The summed E-state index contributed by atoms with van der Waals surface area (Å²) in [6.07, 6.45) is 1.99. The van der Waals surface area contributed by atoms with Crippen molar-refractivity contribution in [3.05, 3.63) is 29.8 Å². The van der Waals surface area contributed by atoms with Crippen LogP contribution >= 0.6 is 11.8 Å². The topological polar surface area (TPSA) is 191 Å². The summed E-state index contributed by atoms with van der Waals surface area (Å²) in [5.41, 5.74) is 6.17. The molecule has 0 spiro atoms. The Hall–Kier alpha value is -2.83. The minimum absolute atomic E-state index is 0.0236. The molecule has 0 aliphatic rings. The normalized spacial score (nSPS) is 14.5. The van der Waals surface area contributed by atoms with Crippen LogP contribution in [0.25, 0.3) is 0 Å². The number of carbonyl (C=O) groups is 4. The van der Waals surface area contributed by atoms with Crippen molar-refractivity contribution in [2.75, 3.05) is 18.6 Å². The van der Waals surface area contributed by atoms with Crippen molar-refractivity contribution in [1.29, 1.82) is 0 Å². The molecule has 0 fully saturated rings. The molecule has 0 bridgehead atoms. The van der Waals surface area contributed by atoms with Crippen molar-refractivity contribution in [2.45, 2.75) is 43.9 Å². The quantitative estimate of drug-likeness (QED) is 0.181. The number of nitrogens with one attached hydrogen (secondary N) is 3.